The summed E-state index contributed by atoms with van der Waals surface area (Å²) in [4.78, 5) is 21.8. The molecule has 1 rings (SSSR count). The Labute approximate surface area is 92.3 Å². The Morgan fingerprint density at radius 1 is 1.56 bits per heavy atom. The number of primary amides is 1. The molecule has 1 aromatic rings. The molecule has 0 saturated carbocycles. The quantitative estimate of drug-likeness (QED) is 0.597. The second-order valence-electron chi connectivity index (χ2n) is 3.19. The number of aromatic nitrogens is 1. The molecule has 0 aliphatic rings. The van der Waals surface area contributed by atoms with E-state index in [2.05, 4.69) is 10.1 Å². The average molecular weight is 226 g/mol. The first-order valence-corrected chi connectivity index (χ1v) is 4.63. The van der Waals surface area contributed by atoms with Gasteiger partial charge in [-0.2, -0.15) is 0 Å². The number of ether oxygens (including phenoxy) is 1. The Hall–Kier alpha value is -2.18. The topological polar surface area (TPSA) is 112 Å². The lowest BCUT2D eigenvalue weighted by Crippen LogP contribution is -2.30. The molecule has 16 heavy (non-hydrogen) atoms. The Bertz CT molecular complexity index is 399. The van der Waals surface area contributed by atoms with Crippen LogP contribution in [0, 0.1) is 0 Å². The number of rotatable bonds is 4. The van der Waals surface area contributed by atoms with Gasteiger partial charge in [0.05, 0.1) is 12.2 Å². The van der Waals surface area contributed by atoms with Crippen LogP contribution in [0.25, 0.3) is 0 Å². The van der Waals surface area contributed by atoms with Crippen LogP contribution in [0.3, 0.4) is 0 Å². The Balaban J connectivity index is 2.41. The summed E-state index contributed by atoms with van der Waals surface area (Å²) in [6.45, 7) is 0.244. The van der Waals surface area contributed by atoms with Crippen molar-refractivity contribution in [2.75, 3.05) is 18.9 Å². The number of hydrogen-bond donors (Lipinski definition) is 3. The Morgan fingerprint density at radius 2 is 2.25 bits per heavy atom. The van der Waals surface area contributed by atoms with Crippen molar-refractivity contribution in [3.05, 3.63) is 18.0 Å². The number of nitrogens with one attached hydrogen (secondary N) is 1. The third-order valence-electron chi connectivity index (χ3n) is 1.89. The molecule has 5 N–H and O–H groups in total. The number of nitrogens with two attached hydrogens (primary N) is 2. The van der Waals surface area contributed by atoms with Gasteiger partial charge in [0.15, 0.2) is 0 Å². The number of aryl methyl sites for hydroxylation is 1. The van der Waals surface area contributed by atoms with Crippen molar-refractivity contribution in [1.29, 1.82) is 0 Å². The lowest BCUT2D eigenvalue weighted by Gasteiger charge is -2.05. The summed E-state index contributed by atoms with van der Waals surface area (Å²) in [5, 5.41) is 2.56. The monoisotopic (exact) mass is 226 g/mol. The minimum absolute atomic E-state index is 0.0426. The number of nitrogen functional groups attached to an aromatic ring is 1. The number of anilines is 1. The van der Waals surface area contributed by atoms with Crippen LogP contribution in [0.1, 0.15) is 10.5 Å². The second kappa shape index (κ2) is 5.06. The van der Waals surface area contributed by atoms with Gasteiger partial charge in [0.2, 0.25) is 0 Å². The minimum atomic E-state index is -0.864. The summed E-state index contributed by atoms with van der Waals surface area (Å²) in [7, 11) is 1.71. The van der Waals surface area contributed by atoms with E-state index in [9.17, 15) is 9.59 Å². The van der Waals surface area contributed by atoms with Crippen LogP contribution in [0.4, 0.5) is 10.5 Å². The second-order valence-corrected chi connectivity index (χ2v) is 3.19. The van der Waals surface area contributed by atoms with Gasteiger partial charge in [-0.15, -0.1) is 0 Å². The molecule has 0 unspecified atom stereocenters. The molecule has 1 aromatic heterocycles. The molecular weight excluding hydrogens is 212 g/mol. The van der Waals surface area contributed by atoms with Gasteiger partial charge in [0, 0.05) is 13.2 Å². The molecule has 0 atom stereocenters. The van der Waals surface area contributed by atoms with Gasteiger partial charge in [-0.25, -0.2) is 4.79 Å². The summed E-state index contributed by atoms with van der Waals surface area (Å²) in [5.74, 6) is -0.285. The SMILES string of the molecule is Cn1cc(N)cc1C(=O)NCCOC(N)=O. The summed E-state index contributed by atoms with van der Waals surface area (Å²) in [6.07, 6.45) is 0.770. The maximum Gasteiger partial charge on any atom is 0.404 e. The van der Waals surface area contributed by atoms with Gasteiger partial charge in [0.1, 0.15) is 12.3 Å². The third kappa shape index (κ3) is 3.19. The fourth-order valence-corrected chi connectivity index (χ4v) is 1.22. The predicted molar refractivity (Wildman–Crippen MR) is 57.7 cm³/mol. The van der Waals surface area contributed by atoms with Crippen LogP contribution in [-0.4, -0.2) is 29.7 Å². The fraction of sp³-hybridized carbons (Fsp3) is 0.333. The molecule has 88 valence electrons. The molecule has 0 aliphatic carbocycles. The molecule has 1 heterocycles. The average Bonchev–Trinajstić information content (AvgIpc) is 2.52. The fourth-order valence-electron chi connectivity index (χ4n) is 1.22. The first kappa shape index (κ1) is 11.9. The minimum Gasteiger partial charge on any atom is -0.448 e. The van der Waals surface area contributed by atoms with Crippen molar-refractivity contribution in [3.8, 4) is 0 Å². The van der Waals surface area contributed by atoms with Crippen molar-refractivity contribution < 1.29 is 14.3 Å². The molecule has 0 spiro atoms. The van der Waals surface area contributed by atoms with E-state index in [0.29, 0.717) is 11.4 Å². The van der Waals surface area contributed by atoms with Crippen molar-refractivity contribution >= 4 is 17.7 Å². The molecule has 0 aliphatic heterocycles. The van der Waals surface area contributed by atoms with Crippen LogP contribution >= 0.6 is 0 Å². The van der Waals surface area contributed by atoms with Crippen molar-refractivity contribution in [3.63, 3.8) is 0 Å². The third-order valence-corrected chi connectivity index (χ3v) is 1.89. The summed E-state index contributed by atoms with van der Waals surface area (Å²) < 4.78 is 6.07. The molecule has 7 heteroatoms. The van der Waals surface area contributed by atoms with E-state index in [1.54, 1.807) is 23.9 Å². The van der Waals surface area contributed by atoms with E-state index in [4.69, 9.17) is 11.5 Å². The molecule has 0 fully saturated rings. The highest BCUT2D eigenvalue weighted by Gasteiger charge is 2.09. The molecule has 0 radical (unpaired) electrons. The number of carbonyl (C=O) groups is 2. The lowest BCUT2D eigenvalue weighted by molar-refractivity contribution is 0.0929. The first-order valence-electron chi connectivity index (χ1n) is 4.63. The normalized spacial score (nSPS) is 9.81. The summed E-state index contributed by atoms with van der Waals surface area (Å²) in [5.41, 5.74) is 11.2. The van der Waals surface area contributed by atoms with Crippen LogP contribution in [0.15, 0.2) is 12.3 Å². The smallest absolute Gasteiger partial charge is 0.404 e. The summed E-state index contributed by atoms with van der Waals surface area (Å²) >= 11 is 0. The molecule has 7 nitrogen and oxygen atoms in total. The highest BCUT2D eigenvalue weighted by Crippen LogP contribution is 2.07. The Morgan fingerprint density at radius 3 is 2.75 bits per heavy atom. The number of carbonyl (C=O) groups excluding carboxylic acids is 2. The van der Waals surface area contributed by atoms with E-state index < -0.39 is 6.09 Å². The zero-order valence-electron chi connectivity index (χ0n) is 8.90. The van der Waals surface area contributed by atoms with Gasteiger partial charge in [-0.05, 0) is 6.07 Å². The van der Waals surface area contributed by atoms with E-state index in [1.165, 1.54) is 0 Å². The molecule has 0 saturated heterocycles. The highest BCUT2D eigenvalue weighted by molar-refractivity contribution is 5.93. The summed E-state index contributed by atoms with van der Waals surface area (Å²) in [6, 6.07) is 1.56. The van der Waals surface area contributed by atoms with Gasteiger partial charge >= 0.3 is 6.09 Å². The molecular formula is C9H14N4O3. The maximum absolute atomic E-state index is 11.6. The van der Waals surface area contributed by atoms with Crippen molar-refractivity contribution in [2.24, 2.45) is 12.8 Å². The van der Waals surface area contributed by atoms with Gasteiger partial charge in [-0.1, -0.05) is 0 Å². The van der Waals surface area contributed by atoms with Gasteiger partial charge in [-0.3, -0.25) is 4.79 Å². The van der Waals surface area contributed by atoms with E-state index in [1.807, 2.05) is 0 Å². The first-order chi connectivity index (χ1) is 7.50. The van der Waals surface area contributed by atoms with Crippen LogP contribution < -0.4 is 16.8 Å². The van der Waals surface area contributed by atoms with E-state index in [0.717, 1.165) is 0 Å². The number of nitrogens with zero attached hydrogens (tertiary/aromatic N) is 1. The number of amides is 2. The zero-order valence-corrected chi connectivity index (χ0v) is 8.90. The van der Waals surface area contributed by atoms with E-state index >= 15 is 0 Å². The molecule has 0 aromatic carbocycles. The lowest BCUT2D eigenvalue weighted by atomic mass is 10.4. The van der Waals surface area contributed by atoms with E-state index in [-0.39, 0.29) is 19.1 Å². The maximum atomic E-state index is 11.6. The Kier molecular flexibility index (Phi) is 3.76. The predicted octanol–water partition coefficient (Wildman–Crippen LogP) is -0.568. The van der Waals surface area contributed by atoms with Crippen molar-refractivity contribution in [1.82, 2.24) is 9.88 Å². The van der Waals surface area contributed by atoms with Crippen molar-refractivity contribution in [2.45, 2.75) is 0 Å². The zero-order chi connectivity index (χ0) is 12.1. The van der Waals surface area contributed by atoms with Crippen LogP contribution in [0.2, 0.25) is 0 Å². The number of hydrogen-bond acceptors (Lipinski definition) is 4. The highest BCUT2D eigenvalue weighted by atomic mass is 16.5. The largest absolute Gasteiger partial charge is 0.448 e. The standard InChI is InChI=1S/C9H14N4O3/c1-13-5-6(10)4-7(13)8(14)12-2-3-16-9(11)15/h4-5H,2-3,10H2,1H3,(H2,11,15)(H,12,14). The van der Waals surface area contributed by atoms with Crippen LogP contribution in [-0.2, 0) is 11.8 Å². The molecule has 0 bridgehead atoms. The molecule has 2 amide bonds. The van der Waals surface area contributed by atoms with Gasteiger partial charge < -0.3 is 26.1 Å². The van der Waals surface area contributed by atoms with Gasteiger partial charge in [0.25, 0.3) is 5.91 Å². The van der Waals surface area contributed by atoms with Crippen LogP contribution in [0.5, 0.6) is 0 Å².